The first-order valence-corrected chi connectivity index (χ1v) is 6.84. The van der Waals surface area contributed by atoms with E-state index in [-0.39, 0.29) is 18.9 Å². The summed E-state index contributed by atoms with van der Waals surface area (Å²) in [7, 11) is 1.50. The lowest BCUT2D eigenvalue weighted by Crippen LogP contribution is -2.51. The van der Waals surface area contributed by atoms with Gasteiger partial charge in [-0.3, -0.25) is 0 Å². The van der Waals surface area contributed by atoms with E-state index >= 15 is 0 Å². The predicted molar refractivity (Wildman–Crippen MR) is 78.2 cm³/mol. The fraction of sp³-hybridized carbons (Fsp3) is 0.462. The van der Waals surface area contributed by atoms with Crippen molar-refractivity contribution in [1.82, 2.24) is 5.32 Å². The predicted octanol–water partition coefficient (Wildman–Crippen LogP) is 2.50. The highest BCUT2D eigenvalue weighted by Gasteiger charge is 2.26. The topological polar surface area (TPSA) is 70.6 Å². The van der Waals surface area contributed by atoms with Gasteiger partial charge in [0.2, 0.25) is 0 Å². The third-order valence-electron chi connectivity index (χ3n) is 2.74. The number of amides is 2. The van der Waals surface area contributed by atoms with Crippen molar-refractivity contribution in [2.24, 2.45) is 0 Å². The normalized spacial score (nSPS) is 13.7. The molecule has 112 valence electrons. The van der Waals surface area contributed by atoms with Crippen LogP contribution in [0.5, 0.6) is 0 Å². The van der Waals surface area contributed by atoms with Gasteiger partial charge in [0.05, 0.1) is 17.8 Å². The number of aliphatic hydroxyl groups is 1. The highest BCUT2D eigenvalue weighted by Crippen LogP contribution is 2.25. The van der Waals surface area contributed by atoms with Gasteiger partial charge < -0.3 is 20.5 Å². The summed E-state index contributed by atoms with van der Waals surface area (Å²) >= 11 is 3.17. The van der Waals surface area contributed by atoms with Gasteiger partial charge in [-0.15, -0.1) is 0 Å². The summed E-state index contributed by atoms with van der Waals surface area (Å²) in [5, 5.41) is 14.1. The molecule has 1 aromatic rings. The molecule has 0 fully saturated rings. The first-order chi connectivity index (χ1) is 9.41. The summed E-state index contributed by atoms with van der Waals surface area (Å²) < 4.78 is 19.1. The van der Waals surface area contributed by atoms with Crippen LogP contribution in [0, 0.1) is 5.82 Å². The molecule has 2 amide bonds. The number of rotatable bonds is 6. The Balaban J connectivity index is 2.76. The van der Waals surface area contributed by atoms with Crippen LogP contribution in [0.1, 0.15) is 13.3 Å². The number of carbonyl (C=O) groups excluding carboxylic acids is 1. The molecule has 0 unspecified atom stereocenters. The first kappa shape index (κ1) is 16.9. The fourth-order valence-corrected chi connectivity index (χ4v) is 2.21. The molecule has 0 aliphatic rings. The summed E-state index contributed by atoms with van der Waals surface area (Å²) in [5.41, 5.74) is -0.667. The van der Waals surface area contributed by atoms with E-state index < -0.39 is 17.4 Å². The maximum atomic E-state index is 13.6. The quantitative estimate of drug-likeness (QED) is 0.739. The summed E-state index contributed by atoms with van der Waals surface area (Å²) in [6.45, 7) is 1.88. The summed E-state index contributed by atoms with van der Waals surface area (Å²) in [6.07, 6.45) is 0.326. The standard InChI is InChI=1S/C13H18BrFN2O3/c1-13(6-7-18,8-20-2)17-12(19)16-11-9(14)4-3-5-10(11)15/h3-5,18H,6-8H2,1-2H3,(H2,16,17,19)/t13-/m0/s1. The van der Waals surface area contributed by atoms with Crippen LogP contribution in [0.2, 0.25) is 0 Å². The molecule has 0 bridgehead atoms. The van der Waals surface area contributed by atoms with E-state index in [9.17, 15) is 9.18 Å². The molecule has 0 spiro atoms. The van der Waals surface area contributed by atoms with Gasteiger partial charge in [-0.25, -0.2) is 9.18 Å². The van der Waals surface area contributed by atoms with Gasteiger partial charge >= 0.3 is 6.03 Å². The Hall–Kier alpha value is -1.18. The molecular weight excluding hydrogens is 331 g/mol. The summed E-state index contributed by atoms with van der Waals surface area (Å²) in [4.78, 5) is 11.9. The minimum Gasteiger partial charge on any atom is -0.396 e. The van der Waals surface area contributed by atoms with Crippen LogP contribution >= 0.6 is 15.9 Å². The van der Waals surface area contributed by atoms with Gasteiger partial charge in [0, 0.05) is 18.2 Å². The van der Waals surface area contributed by atoms with E-state index in [1.807, 2.05) is 0 Å². The molecule has 7 heteroatoms. The highest BCUT2D eigenvalue weighted by molar-refractivity contribution is 9.10. The first-order valence-electron chi connectivity index (χ1n) is 6.05. The third-order valence-corrected chi connectivity index (χ3v) is 3.40. The fourth-order valence-electron chi connectivity index (χ4n) is 1.77. The smallest absolute Gasteiger partial charge is 0.319 e. The number of hydrogen-bond donors (Lipinski definition) is 3. The summed E-state index contributed by atoms with van der Waals surface area (Å²) in [5.74, 6) is -0.537. The molecule has 0 heterocycles. The van der Waals surface area contributed by atoms with Crippen molar-refractivity contribution in [1.29, 1.82) is 0 Å². The van der Waals surface area contributed by atoms with E-state index in [0.29, 0.717) is 10.9 Å². The number of aliphatic hydroxyl groups excluding tert-OH is 1. The van der Waals surface area contributed by atoms with Crippen molar-refractivity contribution in [3.63, 3.8) is 0 Å². The molecule has 0 aliphatic carbocycles. The average molecular weight is 349 g/mol. The molecule has 5 nitrogen and oxygen atoms in total. The number of benzene rings is 1. The zero-order valence-corrected chi connectivity index (χ0v) is 13.0. The monoisotopic (exact) mass is 348 g/mol. The van der Waals surface area contributed by atoms with Crippen molar-refractivity contribution in [3.05, 3.63) is 28.5 Å². The Morgan fingerprint density at radius 3 is 2.80 bits per heavy atom. The molecule has 1 aromatic carbocycles. The SMILES string of the molecule is COC[C@](C)(CCO)NC(=O)Nc1c(F)cccc1Br. The van der Waals surface area contributed by atoms with E-state index in [4.69, 9.17) is 9.84 Å². The van der Waals surface area contributed by atoms with Crippen LogP contribution in [-0.4, -0.2) is 37.0 Å². The van der Waals surface area contributed by atoms with Gasteiger partial charge in [0.25, 0.3) is 0 Å². The van der Waals surface area contributed by atoms with E-state index in [1.54, 1.807) is 13.0 Å². The number of anilines is 1. The Labute approximate surface area is 125 Å². The van der Waals surface area contributed by atoms with Gasteiger partial charge in [-0.2, -0.15) is 0 Å². The molecule has 0 radical (unpaired) electrons. The Morgan fingerprint density at radius 2 is 2.25 bits per heavy atom. The lowest BCUT2D eigenvalue weighted by Gasteiger charge is -2.29. The van der Waals surface area contributed by atoms with Gasteiger partial charge in [0.1, 0.15) is 5.82 Å². The number of methoxy groups -OCH3 is 1. The number of nitrogens with one attached hydrogen (secondary N) is 2. The lowest BCUT2D eigenvalue weighted by atomic mass is 10.00. The zero-order valence-electron chi connectivity index (χ0n) is 11.4. The van der Waals surface area contributed by atoms with Crippen LogP contribution < -0.4 is 10.6 Å². The van der Waals surface area contributed by atoms with Crippen molar-refractivity contribution >= 4 is 27.6 Å². The number of hydrogen-bond acceptors (Lipinski definition) is 3. The molecule has 0 aliphatic heterocycles. The number of halogens is 2. The molecule has 0 saturated heterocycles. The van der Waals surface area contributed by atoms with Crippen molar-refractivity contribution in [2.45, 2.75) is 18.9 Å². The van der Waals surface area contributed by atoms with Crippen LogP contribution in [0.15, 0.2) is 22.7 Å². The van der Waals surface area contributed by atoms with Crippen LogP contribution in [0.4, 0.5) is 14.9 Å². The van der Waals surface area contributed by atoms with Gasteiger partial charge in [0.15, 0.2) is 0 Å². The maximum absolute atomic E-state index is 13.6. The molecule has 0 aromatic heterocycles. The van der Waals surface area contributed by atoms with Gasteiger partial charge in [-0.05, 0) is 41.4 Å². The number of carbonyl (C=O) groups is 1. The minimum atomic E-state index is -0.731. The second-order valence-electron chi connectivity index (χ2n) is 4.64. The largest absolute Gasteiger partial charge is 0.396 e. The van der Waals surface area contributed by atoms with Crippen molar-refractivity contribution < 1.29 is 19.0 Å². The summed E-state index contributed by atoms with van der Waals surface area (Å²) in [6, 6.07) is 3.84. The number of urea groups is 1. The molecule has 0 saturated carbocycles. The van der Waals surface area contributed by atoms with Crippen LogP contribution in [0.25, 0.3) is 0 Å². The second-order valence-corrected chi connectivity index (χ2v) is 5.50. The van der Waals surface area contributed by atoms with E-state index in [0.717, 1.165) is 0 Å². The number of ether oxygens (including phenoxy) is 1. The second kappa shape index (κ2) is 7.56. The molecule has 20 heavy (non-hydrogen) atoms. The highest BCUT2D eigenvalue weighted by atomic mass is 79.9. The van der Waals surface area contributed by atoms with Crippen molar-refractivity contribution in [3.8, 4) is 0 Å². The third kappa shape index (κ3) is 4.73. The molecular formula is C13H18BrFN2O3. The molecule has 1 atom stereocenters. The Bertz CT molecular complexity index is 445. The van der Waals surface area contributed by atoms with E-state index in [1.165, 1.54) is 19.2 Å². The minimum absolute atomic E-state index is 0.0637. The average Bonchev–Trinajstić information content (AvgIpc) is 2.34. The Morgan fingerprint density at radius 1 is 1.55 bits per heavy atom. The van der Waals surface area contributed by atoms with Crippen LogP contribution in [0.3, 0.4) is 0 Å². The molecule has 1 rings (SSSR count). The van der Waals surface area contributed by atoms with Crippen molar-refractivity contribution in [2.75, 3.05) is 25.6 Å². The maximum Gasteiger partial charge on any atom is 0.319 e. The Kier molecular flexibility index (Phi) is 6.38. The lowest BCUT2D eigenvalue weighted by molar-refractivity contribution is 0.104. The number of para-hydroxylation sites is 1. The molecule has 3 N–H and O–H groups in total. The van der Waals surface area contributed by atoms with Crippen LogP contribution in [-0.2, 0) is 4.74 Å². The van der Waals surface area contributed by atoms with E-state index in [2.05, 4.69) is 26.6 Å². The zero-order chi connectivity index (χ0) is 15.2. The van der Waals surface area contributed by atoms with Gasteiger partial charge in [-0.1, -0.05) is 6.07 Å².